The quantitative estimate of drug-likeness (QED) is 0.361. The first-order chi connectivity index (χ1) is 22.6. The second-order valence-corrected chi connectivity index (χ2v) is 13.7. The molecule has 2 amide bonds. The number of aliphatic carboxylic acids is 1. The van der Waals surface area contributed by atoms with Gasteiger partial charge in [0.15, 0.2) is 0 Å². The Bertz CT molecular complexity index is 1530. The molecule has 0 spiro atoms. The lowest BCUT2D eigenvalue weighted by molar-refractivity contribution is -0.192. The van der Waals surface area contributed by atoms with Crippen molar-refractivity contribution in [1.29, 1.82) is 0 Å². The first kappa shape index (κ1) is 35.6. The molecule has 3 aliphatic heterocycles. The van der Waals surface area contributed by atoms with Gasteiger partial charge >= 0.3 is 18.2 Å². The summed E-state index contributed by atoms with van der Waals surface area (Å²) in [6.45, 7) is 5.60. The largest absolute Gasteiger partial charge is 0.490 e. The van der Waals surface area contributed by atoms with E-state index in [1.54, 1.807) is 4.57 Å². The standard InChI is InChI=1S/C31H42FN5O4.C2HF3O2/c1-31(2)26-16-21-10-11-22(17-25(21)37(26)30(40)41-31)34-28(38)27-24(35-13-4-3-5-14-35)12-15-36(27)29(39)20-8-6-19(7-9-20)23(33)18-32;3-2(4,5)1(6)7/h10-11,16-17,19-20,23-24,27H,3-9,12-15,18,33H2,1-2H3,(H,34,38);(H,6,7)/t19?,20?,23-,24-,27+;/m1./s1. The van der Waals surface area contributed by atoms with Crippen LogP contribution in [0.5, 0.6) is 0 Å². The predicted octanol–water partition coefficient (Wildman–Crippen LogP) is 5.01. The summed E-state index contributed by atoms with van der Waals surface area (Å²) >= 11 is 0. The van der Waals surface area contributed by atoms with E-state index < -0.39 is 42.6 Å². The van der Waals surface area contributed by atoms with E-state index in [0.717, 1.165) is 56.3 Å². The maximum Gasteiger partial charge on any atom is 0.490 e. The van der Waals surface area contributed by atoms with Gasteiger partial charge in [0.1, 0.15) is 18.3 Å². The van der Waals surface area contributed by atoms with Gasteiger partial charge < -0.3 is 25.8 Å². The van der Waals surface area contributed by atoms with Crippen molar-refractivity contribution >= 4 is 40.5 Å². The predicted molar refractivity (Wildman–Crippen MR) is 168 cm³/mol. The number of carbonyl (C=O) groups excluding carboxylic acids is 3. The molecule has 2 saturated heterocycles. The molecular weight excluding hydrogens is 638 g/mol. The van der Waals surface area contributed by atoms with E-state index in [1.807, 2.05) is 43.0 Å². The van der Waals surface area contributed by atoms with Crippen molar-refractivity contribution in [1.82, 2.24) is 14.4 Å². The summed E-state index contributed by atoms with van der Waals surface area (Å²) < 4.78 is 52.0. The van der Waals surface area contributed by atoms with Crippen molar-refractivity contribution in [2.24, 2.45) is 17.6 Å². The smallest absolute Gasteiger partial charge is 0.475 e. The molecule has 1 saturated carbocycles. The molecule has 264 valence electrons. The van der Waals surface area contributed by atoms with Crippen LogP contribution in [-0.4, -0.2) is 94.0 Å². The fourth-order valence-corrected chi connectivity index (χ4v) is 7.58. The van der Waals surface area contributed by atoms with Crippen LogP contribution in [0.25, 0.3) is 10.9 Å². The molecular formula is C33H43F4N5O6. The van der Waals surface area contributed by atoms with Gasteiger partial charge in [-0.2, -0.15) is 13.2 Å². The van der Waals surface area contributed by atoms with Crippen LogP contribution in [0.15, 0.2) is 24.3 Å². The number of halogens is 4. The SMILES string of the molecule is CC1(C)OC(=O)n2c1cc1ccc(NC(=O)[C@@H]3[C@H](N4CCCCC4)CCN3C(=O)C3CCC([C@H](N)CF)CC3)cc12.O=C(O)C(F)(F)F. The molecule has 3 atom stereocenters. The number of ether oxygens (including phenoxy) is 1. The Kier molecular flexibility index (Phi) is 10.4. The molecule has 0 unspecified atom stereocenters. The Hall–Kier alpha value is -3.72. The second-order valence-electron chi connectivity index (χ2n) is 13.7. The Balaban J connectivity index is 0.000000582. The van der Waals surface area contributed by atoms with Gasteiger partial charge in [-0.15, -0.1) is 0 Å². The lowest BCUT2D eigenvalue weighted by Crippen LogP contribution is -2.55. The Morgan fingerprint density at radius 2 is 1.69 bits per heavy atom. The minimum Gasteiger partial charge on any atom is -0.475 e. The van der Waals surface area contributed by atoms with E-state index >= 15 is 0 Å². The van der Waals surface area contributed by atoms with Gasteiger partial charge in [-0.25, -0.2) is 18.5 Å². The molecule has 48 heavy (non-hydrogen) atoms. The summed E-state index contributed by atoms with van der Waals surface area (Å²) in [6, 6.07) is 6.42. The van der Waals surface area contributed by atoms with Gasteiger partial charge in [-0.3, -0.25) is 14.5 Å². The molecule has 1 aromatic heterocycles. The first-order valence-corrected chi connectivity index (χ1v) is 16.5. The molecule has 2 aromatic rings. The molecule has 1 aromatic carbocycles. The molecule has 4 heterocycles. The highest BCUT2D eigenvalue weighted by Crippen LogP contribution is 2.38. The molecule has 4 N–H and O–H groups in total. The zero-order valence-corrected chi connectivity index (χ0v) is 27.1. The van der Waals surface area contributed by atoms with E-state index in [2.05, 4.69) is 10.2 Å². The van der Waals surface area contributed by atoms with Crippen molar-refractivity contribution in [2.75, 3.05) is 31.6 Å². The van der Waals surface area contributed by atoms with Crippen molar-refractivity contribution in [2.45, 2.75) is 95.1 Å². The number of aromatic nitrogens is 1. The molecule has 0 bridgehead atoms. The molecule has 1 aliphatic carbocycles. The van der Waals surface area contributed by atoms with E-state index in [4.69, 9.17) is 20.4 Å². The van der Waals surface area contributed by atoms with E-state index in [9.17, 15) is 31.9 Å². The second kappa shape index (κ2) is 14.0. The number of carboxylic acids is 1. The summed E-state index contributed by atoms with van der Waals surface area (Å²) in [5, 5.41) is 11.1. The number of fused-ring (bicyclic) bond motifs is 3. The minimum absolute atomic E-state index is 0.0294. The minimum atomic E-state index is -5.08. The maximum absolute atomic E-state index is 14.0. The third-order valence-electron chi connectivity index (χ3n) is 10.1. The van der Waals surface area contributed by atoms with Gasteiger partial charge in [0.2, 0.25) is 11.8 Å². The van der Waals surface area contributed by atoms with E-state index in [0.29, 0.717) is 30.6 Å². The average molecular weight is 682 g/mol. The third-order valence-corrected chi connectivity index (χ3v) is 10.1. The number of nitrogens with one attached hydrogen (secondary N) is 1. The average Bonchev–Trinajstić information content (AvgIpc) is 3.73. The summed E-state index contributed by atoms with van der Waals surface area (Å²) in [6.07, 6.45) is 1.47. The van der Waals surface area contributed by atoms with E-state index in [1.165, 1.54) is 6.42 Å². The Morgan fingerprint density at radius 3 is 2.29 bits per heavy atom. The zero-order chi connectivity index (χ0) is 35.0. The van der Waals surface area contributed by atoms with Crippen LogP contribution in [0.4, 0.5) is 28.0 Å². The number of piperidine rings is 1. The number of anilines is 1. The van der Waals surface area contributed by atoms with Crippen molar-refractivity contribution < 1.29 is 46.6 Å². The monoisotopic (exact) mass is 681 g/mol. The third kappa shape index (κ3) is 7.31. The fourth-order valence-electron chi connectivity index (χ4n) is 7.58. The number of amides is 2. The summed E-state index contributed by atoms with van der Waals surface area (Å²) in [5.41, 5.74) is 7.27. The number of rotatable bonds is 6. The fraction of sp³-hybridized carbons (Fsp3) is 0.636. The number of carbonyl (C=O) groups is 4. The number of benzene rings is 1. The molecule has 3 fully saturated rings. The van der Waals surface area contributed by atoms with Crippen LogP contribution >= 0.6 is 0 Å². The van der Waals surface area contributed by atoms with Crippen LogP contribution in [0.3, 0.4) is 0 Å². The summed E-state index contributed by atoms with van der Waals surface area (Å²) in [5.74, 6) is -2.98. The number of nitrogens with two attached hydrogens (primary N) is 1. The summed E-state index contributed by atoms with van der Waals surface area (Å²) in [4.78, 5) is 53.6. The van der Waals surface area contributed by atoms with Crippen LogP contribution in [0.1, 0.15) is 70.9 Å². The number of alkyl halides is 4. The maximum atomic E-state index is 14.0. The van der Waals surface area contributed by atoms with Gasteiger partial charge in [0.05, 0.1) is 11.2 Å². The summed E-state index contributed by atoms with van der Waals surface area (Å²) in [7, 11) is 0. The number of likely N-dealkylation sites (tertiary alicyclic amines) is 2. The number of cyclic esters (lactones) is 1. The van der Waals surface area contributed by atoms with Crippen molar-refractivity contribution in [3.05, 3.63) is 30.0 Å². The Labute approximate surface area is 275 Å². The lowest BCUT2D eigenvalue weighted by atomic mass is 9.78. The molecule has 15 heteroatoms. The van der Waals surface area contributed by atoms with Crippen molar-refractivity contribution in [3.63, 3.8) is 0 Å². The lowest BCUT2D eigenvalue weighted by Gasteiger charge is -2.38. The number of hydrogen-bond acceptors (Lipinski definition) is 7. The number of hydrogen-bond donors (Lipinski definition) is 3. The molecule has 6 rings (SSSR count). The first-order valence-electron chi connectivity index (χ1n) is 16.5. The van der Waals surface area contributed by atoms with Crippen LogP contribution in [0.2, 0.25) is 0 Å². The molecule has 11 nitrogen and oxygen atoms in total. The topological polar surface area (TPSA) is 147 Å². The van der Waals surface area contributed by atoms with Crippen molar-refractivity contribution in [3.8, 4) is 0 Å². The van der Waals surface area contributed by atoms with Crippen LogP contribution in [-0.2, 0) is 24.7 Å². The van der Waals surface area contributed by atoms with Crippen LogP contribution in [0, 0.1) is 11.8 Å². The molecule has 4 aliphatic rings. The highest BCUT2D eigenvalue weighted by Gasteiger charge is 2.47. The highest BCUT2D eigenvalue weighted by atomic mass is 19.4. The van der Waals surface area contributed by atoms with Gasteiger partial charge in [0, 0.05) is 35.6 Å². The van der Waals surface area contributed by atoms with Crippen LogP contribution < -0.4 is 11.1 Å². The number of nitrogens with zero attached hydrogens (tertiary/aromatic N) is 3. The number of carboxylic acid groups (broad SMARTS) is 1. The molecule has 0 radical (unpaired) electrons. The Morgan fingerprint density at radius 1 is 1.04 bits per heavy atom. The zero-order valence-electron chi connectivity index (χ0n) is 27.1. The van der Waals surface area contributed by atoms with Gasteiger partial charge in [-0.1, -0.05) is 12.5 Å². The normalized spacial score (nSPS) is 26.3. The van der Waals surface area contributed by atoms with Gasteiger partial charge in [-0.05, 0) is 96.0 Å². The highest BCUT2D eigenvalue weighted by molar-refractivity contribution is 6.01. The van der Waals surface area contributed by atoms with E-state index in [-0.39, 0.29) is 29.7 Å². The van der Waals surface area contributed by atoms with Gasteiger partial charge in [0.25, 0.3) is 0 Å².